The number of nitrogens with zero attached hydrogens (tertiary/aromatic N) is 1. The van der Waals surface area contributed by atoms with Crippen LogP contribution in [0.5, 0.6) is 0 Å². The summed E-state index contributed by atoms with van der Waals surface area (Å²) in [5.74, 6) is 0. The number of anilines is 1. The van der Waals surface area contributed by atoms with Crippen molar-refractivity contribution in [3.05, 3.63) is 28.2 Å². The predicted molar refractivity (Wildman–Crippen MR) is 86.8 cm³/mol. The molecule has 2 nitrogen and oxygen atoms in total. The maximum absolute atomic E-state index is 3.61. The van der Waals surface area contributed by atoms with Gasteiger partial charge in [0.1, 0.15) is 0 Å². The van der Waals surface area contributed by atoms with E-state index in [2.05, 4.69) is 51.4 Å². The van der Waals surface area contributed by atoms with Crippen molar-refractivity contribution in [1.82, 2.24) is 5.32 Å². The zero-order valence-corrected chi connectivity index (χ0v) is 13.7. The van der Waals surface area contributed by atoms with Crippen LogP contribution in [-0.2, 0) is 6.54 Å². The molecule has 0 atom stereocenters. The second-order valence-corrected chi connectivity index (χ2v) is 6.48. The van der Waals surface area contributed by atoms with Crippen LogP contribution in [0.4, 0.5) is 5.69 Å². The van der Waals surface area contributed by atoms with Crippen LogP contribution < -0.4 is 10.2 Å². The number of rotatable bonds is 4. The molecular weight excluding hydrogens is 300 g/mol. The Balaban J connectivity index is 2.20. The van der Waals surface area contributed by atoms with Gasteiger partial charge in [0.15, 0.2) is 0 Å². The molecule has 19 heavy (non-hydrogen) atoms. The summed E-state index contributed by atoms with van der Waals surface area (Å²) in [5, 5.41) is 3.27. The van der Waals surface area contributed by atoms with Gasteiger partial charge >= 0.3 is 0 Å². The Hall–Kier alpha value is -0.540. The minimum atomic E-state index is 0.701. The van der Waals surface area contributed by atoms with Gasteiger partial charge in [-0.25, -0.2) is 0 Å². The fourth-order valence-corrected chi connectivity index (χ4v) is 3.40. The monoisotopic (exact) mass is 324 g/mol. The third-order valence-electron chi connectivity index (χ3n) is 4.17. The van der Waals surface area contributed by atoms with Crippen molar-refractivity contribution in [3.8, 4) is 0 Å². The molecule has 0 amide bonds. The molecule has 1 aliphatic rings. The van der Waals surface area contributed by atoms with E-state index in [1.54, 1.807) is 0 Å². The first-order valence-electron chi connectivity index (χ1n) is 7.38. The Morgan fingerprint density at radius 3 is 2.53 bits per heavy atom. The molecule has 106 valence electrons. The van der Waals surface area contributed by atoms with E-state index in [9.17, 15) is 0 Å². The van der Waals surface area contributed by atoms with E-state index in [0.717, 1.165) is 6.54 Å². The molecule has 0 aliphatic heterocycles. The third kappa shape index (κ3) is 3.96. The lowest BCUT2D eigenvalue weighted by molar-refractivity contribution is 0.551. The Kier molecular flexibility index (Phi) is 5.71. The summed E-state index contributed by atoms with van der Waals surface area (Å²) < 4.78 is 1.17. The van der Waals surface area contributed by atoms with Crippen molar-refractivity contribution >= 4 is 21.6 Å². The second-order valence-electron chi connectivity index (χ2n) is 5.56. The summed E-state index contributed by atoms with van der Waals surface area (Å²) >= 11 is 3.61. The number of hydrogen-bond donors (Lipinski definition) is 1. The van der Waals surface area contributed by atoms with Gasteiger partial charge in [-0.15, -0.1) is 0 Å². The minimum absolute atomic E-state index is 0.701. The van der Waals surface area contributed by atoms with Crippen LogP contribution >= 0.6 is 15.9 Å². The largest absolute Gasteiger partial charge is 0.371 e. The molecule has 1 aromatic rings. The molecule has 1 N–H and O–H groups in total. The Morgan fingerprint density at radius 2 is 1.89 bits per heavy atom. The lowest BCUT2D eigenvalue weighted by atomic mass is 10.0. The average Bonchev–Trinajstić information content (AvgIpc) is 2.69. The van der Waals surface area contributed by atoms with Gasteiger partial charge in [-0.3, -0.25) is 0 Å². The van der Waals surface area contributed by atoms with Crippen molar-refractivity contribution in [2.75, 3.05) is 19.0 Å². The highest BCUT2D eigenvalue weighted by molar-refractivity contribution is 9.10. The fraction of sp³-hybridized carbons (Fsp3) is 0.625. The Labute approximate surface area is 125 Å². The maximum Gasteiger partial charge on any atom is 0.0423 e. The molecule has 1 aliphatic carbocycles. The van der Waals surface area contributed by atoms with Gasteiger partial charge < -0.3 is 10.2 Å². The summed E-state index contributed by atoms with van der Waals surface area (Å²) in [7, 11) is 4.27. The lowest BCUT2D eigenvalue weighted by Gasteiger charge is -2.31. The summed E-state index contributed by atoms with van der Waals surface area (Å²) in [4.78, 5) is 2.50. The number of hydrogen-bond acceptors (Lipinski definition) is 2. The van der Waals surface area contributed by atoms with E-state index in [4.69, 9.17) is 0 Å². The lowest BCUT2D eigenvalue weighted by Crippen LogP contribution is -2.32. The molecule has 1 aromatic carbocycles. The van der Waals surface area contributed by atoms with E-state index < -0.39 is 0 Å². The molecule has 1 saturated carbocycles. The first-order valence-corrected chi connectivity index (χ1v) is 8.17. The van der Waals surface area contributed by atoms with Gasteiger partial charge in [-0.2, -0.15) is 0 Å². The highest BCUT2D eigenvalue weighted by atomic mass is 79.9. The first kappa shape index (κ1) is 14.9. The van der Waals surface area contributed by atoms with Gasteiger partial charge in [0, 0.05) is 29.8 Å². The number of halogens is 1. The fourth-order valence-electron chi connectivity index (χ4n) is 3.05. The van der Waals surface area contributed by atoms with E-state index in [0.29, 0.717) is 6.04 Å². The van der Waals surface area contributed by atoms with Crippen molar-refractivity contribution in [1.29, 1.82) is 0 Å². The zero-order chi connectivity index (χ0) is 13.7. The van der Waals surface area contributed by atoms with Crippen LogP contribution in [0.3, 0.4) is 0 Å². The van der Waals surface area contributed by atoms with Crippen molar-refractivity contribution < 1.29 is 0 Å². The topological polar surface area (TPSA) is 15.3 Å². The maximum atomic E-state index is 3.61. The van der Waals surface area contributed by atoms with Gasteiger partial charge in [0.25, 0.3) is 0 Å². The van der Waals surface area contributed by atoms with Crippen molar-refractivity contribution in [2.45, 2.75) is 51.1 Å². The first-order chi connectivity index (χ1) is 9.22. The molecule has 1 fully saturated rings. The molecule has 0 aromatic heterocycles. The molecule has 0 saturated heterocycles. The second kappa shape index (κ2) is 7.30. The van der Waals surface area contributed by atoms with Gasteiger partial charge in [0.05, 0.1) is 0 Å². The van der Waals surface area contributed by atoms with Crippen LogP contribution in [0.15, 0.2) is 22.7 Å². The molecule has 3 heteroatoms. The van der Waals surface area contributed by atoms with Crippen LogP contribution in [0.1, 0.15) is 44.1 Å². The molecule has 0 heterocycles. The van der Waals surface area contributed by atoms with Crippen LogP contribution in [0.2, 0.25) is 0 Å². The van der Waals surface area contributed by atoms with Crippen LogP contribution in [0.25, 0.3) is 0 Å². The Morgan fingerprint density at radius 1 is 1.21 bits per heavy atom. The molecule has 0 unspecified atom stereocenters. The van der Waals surface area contributed by atoms with Gasteiger partial charge in [-0.1, -0.05) is 47.7 Å². The van der Waals surface area contributed by atoms with Crippen molar-refractivity contribution in [3.63, 3.8) is 0 Å². The summed E-state index contributed by atoms with van der Waals surface area (Å²) in [6.45, 7) is 0.930. The molecule has 0 bridgehead atoms. The third-order valence-corrected chi connectivity index (χ3v) is 4.66. The van der Waals surface area contributed by atoms with Gasteiger partial charge in [0.2, 0.25) is 0 Å². The highest BCUT2D eigenvalue weighted by Crippen LogP contribution is 2.30. The molecule has 2 rings (SSSR count). The van der Waals surface area contributed by atoms with Crippen LogP contribution in [-0.4, -0.2) is 20.1 Å². The average molecular weight is 325 g/mol. The standard InChI is InChI=1S/C16H25BrN2/c1-18-12-13-9-10-14(17)11-16(13)19(2)15-7-5-3-4-6-8-15/h9-11,15,18H,3-8,12H2,1-2H3. The van der Waals surface area contributed by atoms with Crippen molar-refractivity contribution in [2.24, 2.45) is 0 Å². The summed E-state index contributed by atoms with van der Waals surface area (Å²) in [6, 6.07) is 7.32. The SMILES string of the molecule is CNCc1ccc(Br)cc1N(C)C1CCCCCC1. The van der Waals surface area contributed by atoms with Gasteiger partial charge in [-0.05, 0) is 37.6 Å². The summed E-state index contributed by atoms with van der Waals surface area (Å²) in [6.07, 6.45) is 8.25. The number of benzene rings is 1. The minimum Gasteiger partial charge on any atom is -0.371 e. The van der Waals surface area contributed by atoms with E-state index in [1.165, 1.54) is 54.2 Å². The molecular formula is C16H25BrN2. The predicted octanol–water partition coefficient (Wildman–Crippen LogP) is 4.33. The quantitative estimate of drug-likeness (QED) is 0.829. The normalized spacial score (nSPS) is 17.2. The van der Waals surface area contributed by atoms with E-state index in [1.807, 2.05) is 7.05 Å². The van der Waals surface area contributed by atoms with E-state index in [-0.39, 0.29) is 0 Å². The molecule has 0 radical (unpaired) electrons. The highest BCUT2D eigenvalue weighted by Gasteiger charge is 2.19. The van der Waals surface area contributed by atoms with E-state index >= 15 is 0 Å². The molecule has 0 spiro atoms. The zero-order valence-electron chi connectivity index (χ0n) is 12.1. The number of nitrogens with one attached hydrogen (secondary N) is 1. The smallest absolute Gasteiger partial charge is 0.0423 e. The summed E-state index contributed by atoms with van der Waals surface area (Å²) in [5.41, 5.74) is 2.76. The Bertz CT molecular complexity index is 398. The van der Waals surface area contributed by atoms with Crippen LogP contribution in [0, 0.1) is 0 Å².